The van der Waals surface area contributed by atoms with E-state index in [1.165, 1.54) is 12.8 Å². The van der Waals surface area contributed by atoms with Crippen LogP contribution in [0.5, 0.6) is 0 Å². The quantitative estimate of drug-likeness (QED) is 0.497. The van der Waals surface area contributed by atoms with Crippen molar-refractivity contribution >= 4 is 17.9 Å². The minimum absolute atomic E-state index is 0.396. The molecule has 0 heterocycles. The number of urea groups is 1. The van der Waals surface area contributed by atoms with Crippen LogP contribution in [-0.2, 0) is 9.59 Å². The second kappa shape index (κ2) is 10.9. The van der Waals surface area contributed by atoms with E-state index in [0.29, 0.717) is 12.5 Å². The Labute approximate surface area is 125 Å². The summed E-state index contributed by atoms with van der Waals surface area (Å²) in [5.41, 5.74) is 4.99. The smallest absolute Gasteiger partial charge is 0.323 e. The zero-order valence-electron chi connectivity index (χ0n) is 12.9. The van der Waals surface area contributed by atoms with Crippen LogP contribution < -0.4 is 11.1 Å². The molecule has 0 fully saturated rings. The second-order valence-electron chi connectivity index (χ2n) is 5.54. The average molecular weight is 301 g/mol. The summed E-state index contributed by atoms with van der Waals surface area (Å²) < 4.78 is 0. The predicted molar refractivity (Wildman–Crippen MR) is 79.7 cm³/mol. The van der Waals surface area contributed by atoms with E-state index in [4.69, 9.17) is 10.8 Å². The summed E-state index contributed by atoms with van der Waals surface area (Å²) >= 11 is 0. The predicted octanol–water partition coefficient (Wildman–Crippen LogP) is 1.17. The number of carbonyl (C=O) groups is 3. The molecule has 0 unspecified atom stereocenters. The van der Waals surface area contributed by atoms with Gasteiger partial charge in [-0.25, -0.2) is 4.79 Å². The van der Waals surface area contributed by atoms with Crippen LogP contribution in [0.4, 0.5) is 4.79 Å². The van der Waals surface area contributed by atoms with Gasteiger partial charge in [-0.05, 0) is 12.3 Å². The fourth-order valence-electron chi connectivity index (χ4n) is 1.89. The lowest BCUT2D eigenvalue weighted by Gasteiger charge is -2.19. The number of aliphatic carboxylic acids is 1. The van der Waals surface area contributed by atoms with Gasteiger partial charge in [0.25, 0.3) is 0 Å². The van der Waals surface area contributed by atoms with E-state index < -0.39 is 31.0 Å². The number of nitrogens with zero attached hydrogens (tertiary/aromatic N) is 1. The summed E-state index contributed by atoms with van der Waals surface area (Å²) in [6.07, 6.45) is 5.35. The average Bonchev–Trinajstić information content (AvgIpc) is 2.35. The normalized spacial score (nSPS) is 10.4. The largest absolute Gasteiger partial charge is 0.480 e. The molecule has 0 aliphatic heterocycles. The molecule has 0 aromatic rings. The third-order valence-corrected chi connectivity index (χ3v) is 2.94. The maximum Gasteiger partial charge on any atom is 0.323 e. The number of nitrogens with two attached hydrogens (primary N) is 1. The van der Waals surface area contributed by atoms with Gasteiger partial charge in [0, 0.05) is 6.54 Å². The number of carboxylic acid groups (broad SMARTS) is 1. The third kappa shape index (κ3) is 11.7. The molecule has 0 aromatic carbocycles. The van der Waals surface area contributed by atoms with Gasteiger partial charge < -0.3 is 21.1 Å². The van der Waals surface area contributed by atoms with Gasteiger partial charge in [-0.2, -0.15) is 0 Å². The Morgan fingerprint density at radius 2 is 1.71 bits per heavy atom. The van der Waals surface area contributed by atoms with Crippen molar-refractivity contribution in [3.63, 3.8) is 0 Å². The molecule has 4 N–H and O–H groups in total. The fourth-order valence-corrected chi connectivity index (χ4v) is 1.89. The minimum Gasteiger partial charge on any atom is -0.480 e. The Morgan fingerprint density at radius 1 is 1.10 bits per heavy atom. The molecule has 0 atom stereocenters. The number of hydrogen-bond acceptors (Lipinski definition) is 3. The van der Waals surface area contributed by atoms with E-state index in [1.807, 2.05) is 0 Å². The lowest BCUT2D eigenvalue weighted by Crippen LogP contribution is -2.46. The van der Waals surface area contributed by atoms with Gasteiger partial charge in [0.2, 0.25) is 5.91 Å². The fraction of sp³-hybridized carbons (Fsp3) is 0.786. The molecule has 0 spiro atoms. The molecule has 0 radical (unpaired) electrons. The van der Waals surface area contributed by atoms with Gasteiger partial charge >= 0.3 is 12.0 Å². The highest BCUT2D eigenvalue weighted by molar-refractivity contribution is 5.85. The van der Waals surface area contributed by atoms with Crippen molar-refractivity contribution in [3.05, 3.63) is 0 Å². The molecule has 0 rings (SSSR count). The molecule has 0 aliphatic carbocycles. The van der Waals surface area contributed by atoms with Crippen molar-refractivity contribution in [2.24, 2.45) is 11.7 Å². The lowest BCUT2D eigenvalue weighted by molar-refractivity contribution is -0.137. The molecule has 0 aliphatic rings. The van der Waals surface area contributed by atoms with E-state index in [2.05, 4.69) is 19.2 Å². The minimum atomic E-state index is -1.18. The van der Waals surface area contributed by atoms with E-state index in [9.17, 15) is 14.4 Å². The Kier molecular flexibility index (Phi) is 10.0. The molecular formula is C14H27N3O4. The van der Waals surface area contributed by atoms with Crippen LogP contribution in [0.15, 0.2) is 0 Å². The Hall–Kier alpha value is -1.79. The topological polar surface area (TPSA) is 113 Å². The molecule has 21 heavy (non-hydrogen) atoms. The van der Waals surface area contributed by atoms with Crippen LogP contribution >= 0.6 is 0 Å². The van der Waals surface area contributed by atoms with Crippen LogP contribution in [0.1, 0.15) is 46.0 Å². The molecule has 0 saturated heterocycles. The van der Waals surface area contributed by atoms with E-state index in [0.717, 1.165) is 24.2 Å². The number of nitrogens with one attached hydrogen (secondary N) is 1. The van der Waals surface area contributed by atoms with Gasteiger partial charge in [0.15, 0.2) is 0 Å². The molecule has 7 nitrogen and oxygen atoms in total. The molecule has 0 saturated carbocycles. The highest BCUT2D eigenvalue weighted by Gasteiger charge is 2.18. The number of unbranched alkanes of at least 4 members (excludes halogenated alkanes) is 3. The van der Waals surface area contributed by atoms with Gasteiger partial charge in [-0.15, -0.1) is 0 Å². The van der Waals surface area contributed by atoms with Crippen LogP contribution in [-0.4, -0.2) is 47.5 Å². The second-order valence-corrected chi connectivity index (χ2v) is 5.54. The van der Waals surface area contributed by atoms with Crippen LogP contribution in [0, 0.1) is 5.92 Å². The number of amides is 3. The molecule has 3 amide bonds. The molecular weight excluding hydrogens is 274 g/mol. The number of hydrogen-bond donors (Lipinski definition) is 3. The van der Waals surface area contributed by atoms with Crippen LogP contribution in [0.3, 0.4) is 0 Å². The first kappa shape index (κ1) is 19.2. The first-order valence-corrected chi connectivity index (χ1v) is 7.35. The number of primary amides is 1. The standard InChI is InChI=1S/C14H27N3O4/c1-11(2)7-5-3-4-6-8-16-14(21)17(9-12(15)18)10-13(19)20/h11H,3-10H2,1-2H3,(H2,15,18)(H,16,21)(H,19,20). The number of carboxylic acids is 1. The SMILES string of the molecule is CC(C)CCCCCCNC(=O)N(CC(N)=O)CC(=O)O. The monoisotopic (exact) mass is 301 g/mol. The van der Waals surface area contributed by atoms with Crippen LogP contribution in [0.25, 0.3) is 0 Å². The summed E-state index contributed by atoms with van der Waals surface area (Å²) in [5, 5.41) is 11.3. The maximum absolute atomic E-state index is 11.7. The van der Waals surface area contributed by atoms with E-state index in [1.54, 1.807) is 0 Å². The zero-order chi connectivity index (χ0) is 16.3. The number of rotatable bonds is 11. The Bertz CT molecular complexity index is 329. The van der Waals surface area contributed by atoms with Gasteiger partial charge in [-0.3, -0.25) is 9.59 Å². The third-order valence-electron chi connectivity index (χ3n) is 2.94. The molecule has 122 valence electrons. The summed E-state index contributed by atoms with van der Waals surface area (Å²) in [6.45, 7) is 3.91. The van der Waals surface area contributed by atoms with Crippen molar-refractivity contribution in [1.82, 2.24) is 10.2 Å². The number of carbonyl (C=O) groups excluding carboxylic acids is 2. The highest BCUT2D eigenvalue weighted by Crippen LogP contribution is 2.08. The van der Waals surface area contributed by atoms with Crippen LogP contribution in [0.2, 0.25) is 0 Å². The molecule has 0 aromatic heterocycles. The van der Waals surface area contributed by atoms with Gasteiger partial charge in [0.1, 0.15) is 13.1 Å². The first-order valence-electron chi connectivity index (χ1n) is 7.35. The van der Waals surface area contributed by atoms with Crippen molar-refractivity contribution in [1.29, 1.82) is 0 Å². The summed E-state index contributed by atoms with van der Waals surface area (Å²) in [6, 6.07) is -0.571. The van der Waals surface area contributed by atoms with Gasteiger partial charge in [-0.1, -0.05) is 39.5 Å². The van der Waals surface area contributed by atoms with E-state index in [-0.39, 0.29) is 0 Å². The summed E-state index contributed by atoms with van der Waals surface area (Å²) in [7, 11) is 0. The summed E-state index contributed by atoms with van der Waals surface area (Å²) in [4.78, 5) is 34.1. The summed E-state index contributed by atoms with van der Waals surface area (Å²) in [5.74, 6) is -1.21. The lowest BCUT2D eigenvalue weighted by atomic mass is 10.0. The van der Waals surface area contributed by atoms with E-state index >= 15 is 0 Å². The molecule has 0 bridgehead atoms. The van der Waals surface area contributed by atoms with Crippen molar-refractivity contribution in [3.8, 4) is 0 Å². The Balaban J connectivity index is 3.87. The highest BCUT2D eigenvalue weighted by atomic mass is 16.4. The first-order chi connectivity index (χ1) is 9.82. The van der Waals surface area contributed by atoms with Gasteiger partial charge in [0.05, 0.1) is 0 Å². The Morgan fingerprint density at radius 3 is 2.24 bits per heavy atom. The zero-order valence-corrected chi connectivity index (χ0v) is 12.9. The molecule has 7 heteroatoms. The van der Waals surface area contributed by atoms with Crippen molar-refractivity contribution < 1.29 is 19.5 Å². The van der Waals surface area contributed by atoms with Crippen molar-refractivity contribution in [2.45, 2.75) is 46.0 Å². The maximum atomic E-state index is 11.7. The van der Waals surface area contributed by atoms with Crippen molar-refractivity contribution in [2.75, 3.05) is 19.6 Å².